The summed E-state index contributed by atoms with van der Waals surface area (Å²) in [5.74, 6) is 1.82. The van der Waals surface area contributed by atoms with Crippen molar-refractivity contribution in [1.82, 2.24) is 9.88 Å². The van der Waals surface area contributed by atoms with Crippen LogP contribution < -0.4 is 5.73 Å². The average molecular weight is 251 g/mol. The number of nitrogen functional groups attached to an aromatic ring is 1. The molecule has 17 heavy (non-hydrogen) atoms. The van der Waals surface area contributed by atoms with Gasteiger partial charge < -0.3 is 5.73 Å². The van der Waals surface area contributed by atoms with E-state index >= 15 is 0 Å². The molecule has 1 aliphatic rings. The summed E-state index contributed by atoms with van der Waals surface area (Å²) in [6.07, 6.45) is 3.14. The zero-order valence-electron chi connectivity index (χ0n) is 10.6. The molecule has 4 heteroatoms. The summed E-state index contributed by atoms with van der Waals surface area (Å²) in [6.45, 7) is 8.00. The van der Waals surface area contributed by atoms with Gasteiger partial charge in [-0.25, -0.2) is 4.98 Å². The zero-order valence-corrected chi connectivity index (χ0v) is 11.5. The number of hydrogen-bond donors (Lipinski definition) is 1. The van der Waals surface area contributed by atoms with E-state index in [1.165, 1.54) is 30.8 Å². The SMILES string of the molecule is CC1(C)CCN(Cc2ccc(N)nc2)CCS1. The van der Waals surface area contributed by atoms with Gasteiger partial charge in [-0.2, -0.15) is 11.8 Å². The van der Waals surface area contributed by atoms with E-state index in [1.807, 2.05) is 12.3 Å². The van der Waals surface area contributed by atoms with E-state index in [9.17, 15) is 0 Å². The number of nitrogens with zero attached hydrogens (tertiary/aromatic N) is 2. The lowest BCUT2D eigenvalue weighted by molar-refractivity contribution is 0.276. The number of thioether (sulfide) groups is 1. The van der Waals surface area contributed by atoms with Crippen molar-refractivity contribution in [2.24, 2.45) is 0 Å². The minimum atomic E-state index is 0.425. The Morgan fingerprint density at radius 1 is 1.41 bits per heavy atom. The van der Waals surface area contributed by atoms with Crippen LogP contribution in [0.5, 0.6) is 0 Å². The maximum Gasteiger partial charge on any atom is 0.123 e. The summed E-state index contributed by atoms with van der Waals surface area (Å²) in [5.41, 5.74) is 6.85. The molecular weight excluding hydrogens is 230 g/mol. The lowest BCUT2D eigenvalue weighted by Crippen LogP contribution is -2.26. The molecule has 0 aliphatic carbocycles. The van der Waals surface area contributed by atoms with Gasteiger partial charge in [-0.05, 0) is 24.6 Å². The predicted molar refractivity (Wildman–Crippen MR) is 75.1 cm³/mol. The quantitative estimate of drug-likeness (QED) is 0.876. The molecule has 94 valence electrons. The number of nitrogens with two attached hydrogens (primary N) is 1. The third-order valence-corrected chi connectivity index (χ3v) is 4.56. The molecule has 1 saturated heterocycles. The summed E-state index contributed by atoms with van der Waals surface area (Å²) in [7, 11) is 0. The highest BCUT2D eigenvalue weighted by Crippen LogP contribution is 2.30. The van der Waals surface area contributed by atoms with Gasteiger partial charge in [0.1, 0.15) is 5.82 Å². The minimum Gasteiger partial charge on any atom is -0.384 e. The molecule has 2 rings (SSSR count). The van der Waals surface area contributed by atoms with Gasteiger partial charge in [0, 0.05) is 29.8 Å². The highest BCUT2D eigenvalue weighted by Gasteiger charge is 2.23. The molecule has 0 bridgehead atoms. The van der Waals surface area contributed by atoms with Crippen LogP contribution in [0.15, 0.2) is 18.3 Å². The third kappa shape index (κ3) is 3.89. The number of anilines is 1. The molecule has 1 aliphatic heterocycles. The van der Waals surface area contributed by atoms with Crippen molar-refractivity contribution in [2.45, 2.75) is 31.6 Å². The maximum absolute atomic E-state index is 5.59. The summed E-state index contributed by atoms with van der Waals surface area (Å²) in [5, 5.41) is 0. The Kier molecular flexibility index (Phi) is 3.94. The smallest absolute Gasteiger partial charge is 0.123 e. The molecule has 0 unspecified atom stereocenters. The van der Waals surface area contributed by atoms with Gasteiger partial charge in [-0.15, -0.1) is 0 Å². The highest BCUT2D eigenvalue weighted by atomic mass is 32.2. The van der Waals surface area contributed by atoms with Crippen molar-refractivity contribution < 1.29 is 0 Å². The number of aromatic nitrogens is 1. The molecule has 0 radical (unpaired) electrons. The van der Waals surface area contributed by atoms with E-state index in [0.717, 1.165) is 6.54 Å². The fraction of sp³-hybridized carbons (Fsp3) is 0.615. The first-order valence-electron chi connectivity index (χ1n) is 6.12. The van der Waals surface area contributed by atoms with E-state index in [-0.39, 0.29) is 0 Å². The Morgan fingerprint density at radius 2 is 2.24 bits per heavy atom. The Bertz CT molecular complexity index is 361. The van der Waals surface area contributed by atoms with Crippen molar-refractivity contribution in [1.29, 1.82) is 0 Å². The summed E-state index contributed by atoms with van der Waals surface area (Å²) in [6, 6.07) is 3.96. The van der Waals surface area contributed by atoms with Crippen LogP contribution in [0.2, 0.25) is 0 Å². The maximum atomic E-state index is 5.59. The van der Waals surface area contributed by atoms with Gasteiger partial charge in [0.15, 0.2) is 0 Å². The molecular formula is C13H21N3S. The molecule has 0 amide bonds. The molecule has 0 atom stereocenters. The molecule has 3 nitrogen and oxygen atoms in total. The van der Waals surface area contributed by atoms with Crippen molar-refractivity contribution in [2.75, 3.05) is 24.6 Å². The van der Waals surface area contributed by atoms with Crippen LogP contribution in [0.3, 0.4) is 0 Å². The van der Waals surface area contributed by atoms with Crippen molar-refractivity contribution in [3.05, 3.63) is 23.9 Å². The van der Waals surface area contributed by atoms with Gasteiger partial charge in [0.25, 0.3) is 0 Å². The summed E-state index contributed by atoms with van der Waals surface area (Å²) < 4.78 is 0.425. The third-order valence-electron chi connectivity index (χ3n) is 3.18. The van der Waals surface area contributed by atoms with Gasteiger partial charge in [-0.3, -0.25) is 4.90 Å². The minimum absolute atomic E-state index is 0.425. The van der Waals surface area contributed by atoms with Crippen molar-refractivity contribution in [3.8, 4) is 0 Å². The van der Waals surface area contributed by atoms with Crippen LogP contribution >= 0.6 is 11.8 Å². The van der Waals surface area contributed by atoms with Crippen LogP contribution in [-0.4, -0.2) is 33.5 Å². The fourth-order valence-electron chi connectivity index (χ4n) is 2.01. The van der Waals surface area contributed by atoms with Crippen LogP contribution in [-0.2, 0) is 6.54 Å². The predicted octanol–water partition coefficient (Wildman–Crippen LogP) is 2.38. The normalized spacial score (nSPS) is 21.1. The van der Waals surface area contributed by atoms with E-state index in [2.05, 4.69) is 41.6 Å². The molecule has 2 N–H and O–H groups in total. The Morgan fingerprint density at radius 3 is 2.94 bits per heavy atom. The van der Waals surface area contributed by atoms with Crippen LogP contribution in [0.4, 0.5) is 5.82 Å². The Balaban J connectivity index is 1.93. The van der Waals surface area contributed by atoms with Crippen molar-refractivity contribution in [3.63, 3.8) is 0 Å². The fourth-order valence-corrected chi connectivity index (χ4v) is 3.15. The Hall–Kier alpha value is -0.740. The largest absolute Gasteiger partial charge is 0.384 e. The molecule has 0 spiro atoms. The number of rotatable bonds is 2. The van der Waals surface area contributed by atoms with E-state index in [1.54, 1.807) is 0 Å². The van der Waals surface area contributed by atoms with Gasteiger partial charge in [-0.1, -0.05) is 19.9 Å². The van der Waals surface area contributed by atoms with Crippen LogP contribution in [0, 0.1) is 0 Å². The van der Waals surface area contributed by atoms with E-state index in [4.69, 9.17) is 5.73 Å². The Labute approximate surface area is 108 Å². The molecule has 0 saturated carbocycles. The molecule has 0 aromatic carbocycles. The van der Waals surface area contributed by atoms with E-state index in [0.29, 0.717) is 10.6 Å². The van der Waals surface area contributed by atoms with Gasteiger partial charge in [0.05, 0.1) is 0 Å². The summed E-state index contributed by atoms with van der Waals surface area (Å²) >= 11 is 2.08. The average Bonchev–Trinajstić information content (AvgIpc) is 2.44. The number of hydrogen-bond acceptors (Lipinski definition) is 4. The first-order valence-corrected chi connectivity index (χ1v) is 7.10. The van der Waals surface area contributed by atoms with Gasteiger partial charge >= 0.3 is 0 Å². The van der Waals surface area contributed by atoms with E-state index < -0.39 is 0 Å². The lowest BCUT2D eigenvalue weighted by Gasteiger charge is -2.22. The monoisotopic (exact) mass is 251 g/mol. The first-order chi connectivity index (χ1) is 8.05. The number of pyridine rings is 1. The zero-order chi connectivity index (χ0) is 12.3. The van der Waals surface area contributed by atoms with Crippen LogP contribution in [0.1, 0.15) is 25.8 Å². The molecule has 1 fully saturated rings. The second-order valence-corrected chi connectivity index (χ2v) is 7.03. The molecule has 1 aromatic rings. The van der Waals surface area contributed by atoms with Crippen LogP contribution in [0.25, 0.3) is 0 Å². The highest BCUT2D eigenvalue weighted by molar-refractivity contribution is 8.00. The standard InChI is InChI=1S/C13H21N3S/c1-13(2)5-6-16(7-8-17-13)10-11-3-4-12(14)15-9-11/h3-4,9H,5-8,10H2,1-2H3,(H2,14,15). The second kappa shape index (κ2) is 5.27. The topological polar surface area (TPSA) is 42.1 Å². The van der Waals surface area contributed by atoms with Crippen molar-refractivity contribution >= 4 is 17.6 Å². The lowest BCUT2D eigenvalue weighted by atomic mass is 10.1. The summed E-state index contributed by atoms with van der Waals surface area (Å²) in [4.78, 5) is 6.65. The second-order valence-electron chi connectivity index (χ2n) is 5.23. The molecule has 2 heterocycles. The molecule has 1 aromatic heterocycles. The van der Waals surface area contributed by atoms with Gasteiger partial charge in [0.2, 0.25) is 0 Å². The first kappa shape index (κ1) is 12.7.